The molecule has 1 N–H and O–H groups in total. The average Bonchev–Trinajstić information content (AvgIpc) is 3.32. The molecule has 0 saturated heterocycles. The molecule has 1 aromatic carbocycles. The van der Waals surface area contributed by atoms with Gasteiger partial charge in [-0.3, -0.25) is 4.79 Å². The summed E-state index contributed by atoms with van der Waals surface area (Å²) in [6.07, 6.45) is 9.06. The Morgan fingerprint density at radius 3 is 2.32 bits per heavy atom. The number of rotatable bonds is 4. The van der Waals surface area contributed by atoms with Gasteiger partial charge >= 0.3 is 0 Å². The molecule has 5 fully saturated rings. The standard InChI is InChI=1S/C23H25FN2O2/c24-18-4-2-1-3-17(18)19-10-20(26-28-19)23(5-6-23)21(27)25-22-11-14-7-15(12-22)9-16(8-14)13-22/h1-4,10,14-16H,5-9,11-13H2,(H,25,27). The van der Waals surface area contributed by atoms with Crippen LogP contribution in [0, 0.1) is 23.6 Å². The maximum atomic E-state index is 14.1. The van der Waals surface area contributed by atoms with Crippen molar-refractivity contribution in [3.63, 3.8) is 0 Å². The number of halogens is 1. The van der Waals surface area contributed by atoms with E-state index in [2.05, 4.69) is 10.5 Å². The van der Waals surface area contributed by atoms with Crippen molar-refractivity contribution in [2.24, 2.45) is 17.8 Å². The van der Waals surface area contributed by atoms with Gasteiger partial charge in [0.1, 0.15) is 5.82 Å². The Hall–Kier alpha value is -2.17. The van der Waals surface area contributed by atoms with Crippen LogP contribution in [0.25, 0.3) is 11.3 Å². The minimum Gasteiger partial charge on any atom is -0.356 e. The van der Waals surface area contributed by atoms with E-state index in [0.717, 1.165) is 49.9 Å². The van der Waals surface area contributed by atoms with Gasteiger partial charge in [-0.05, 0) is 81.3 Å². The van der Waals surface area contributed by atoms with Crippen LogP contribution in [-0.2, 0) is 10.2 Å². The van der Waals surface area contributed by atoms with Gasteiger partial charge in [0.05, 0.1) is 16.7 Å². The third-order valence-electron chi connectivity index (χ3n) is 7.74. The zero-order valence-corrected chi connectivity index (χ0v) is 15.9. The molecular formula is C23H25FN2O2. The second-order valence-electron chi connectivity index (χ2n) is 9.79. The maximum Gasteiger partial charge on any atom is 0.232 e. The van der Waals surface area contributed by atoms with Crippen molar-refractivity contribution in [1.29, 1.82) is 0 Å². The van der Waals surface area contributed by atoms with Crippen LogP contribution in [0.2, 0.25) is 0 Å². The van der Waals surface area contributed by atoms with Crippen molar-refractivity contribution in [1.82, 2.24) is 10.5 Å². The maximum absolute atomic E-state index is 14.1. The molecule has 7 rings (SSSR count). The van der Waals surface area contributed by atoms with Gasteiger partial charge < -0.3 is 9.84 Å². The molecule has 4 nitrogen and oxygen atoms in total. The van der Waals surface area contributed by atoms with Crippen LogP contribution in [0.5, 0.6) is 0 Å². The summed E-state index contributed by atoms with van der Waals surface area (Å²) in [4.78, 5) is 13.4. The monoisotopic (exact) mass is 380 g/mol. The number of amides is 1. The Kier molecular flexibility index (Phi) is 3.40. The lowest BCUT2D eigenvalue weighted by atomic mass is 9.53. The summed E-state index contributed by atoms with van der Waals surface area (Å²) in [6, 6.07) is 8.26. The first-order valence-corrected chi connectivity index (χ1v) is 10.6. The molecule has 0 atom stereocenters. The summed E-state index contributed by atoms with van der Waals surface area (Å²) < 4.78 is 19.5. The molecule has 2 aromatic rings. The number of aromatic nitrogens is 1. The molecule has 5 heteroatoms. The highest BCUT2D eigenvalue weighted by molar-refractivity contribution is 5.91. The van der Waals surface area contributed by atoms with Gasteiger partial charge in [-0.1, -0.05) is 17.3 Å². The quantitative estimate of drug-likeness (QED) is 0.844. The van der Waals surface area contributed by atoms with Crippen LogP contribution < -0.4 is 5.32 Å². The highest BCUT2D eigenvalue weighted by Crippen LogP contribution is 2.57. The van der Waals surface area contributed by atoms with E-state index in [1.165, 1.54) is 25.3 Å². The molecule has 0 radical (unpaired) electrons. The molecule has 0 unspecified atom stereocenters. The fraction of sp³-hybridized carbons (Fsp3) is 0.565. The molecule has 0 spiro atoms. The Morgan fingerprint density at radius 2 is 1.71 bits per heavy atom. The van der Waals surface area contributed by atoms with E-state index in [1.54, 1.807) is 24.3 Å². The van der Waals surface area contributed by atoms with Gasteiger partial charge in [0.25, 0.3) is 0 Å². The second kappa shape index (κ2) is 5.68. The Morgan fingerprint density at radius 1 is 1.07 bits per heavy atom. The highest BCUT2D eigenvalue weighted by atomic mass is 19.1. The zero-order valence-electron chi connectivity index (χ0n) is 15.9. The average molecular weight is 380 g/mol. The lowest BCUT2D eigenvalue weighted by Crippen LogP contribution is -2.61. The fourth-order valence-electron chi connectivity index (χ4n) is 6.64. The Bertz CT molecular complexity index is 910. The summed E-state index contributed by atoms with van der Waals surface area (Å²) in [5.41, 5.74) is 0.446. The molecular weight excluding hydrogens is 355 g/mol. The molecule has 5 saturated carbocycles. The summed E-state index contributed by atoms with van der Waals surface area (Å²) >= 11 is 0. The summed E-state index contributed by atoms with van der Waals surface area (Å²) in [5.74, 6) is 2.53. The van der Waals surface area contributed by atoms with E-state index in [-0.39, 0.29) is 17.3 Å². The number of carbonyl (C=O) groups is 1. The smallest absolute Gasteiger partial charge is 0.232 e. The lowest BCUT2D eigenvalue weighted by molar-refractivity contribution is -0.129. The first-order valence-electron chi connectivity index (χ1n) is 10.6. The molecule has 5 aliphatic rings. The minimum absolute atomic E-state index is 0.000469. The molecule has 28 heavy (non-hydrogen) atoms. The number of hydrogen-bond donors (Lipinski definition) is 1. The second-order valence-corrected chi connectivity index (χ2v) is 9.79. The molecule has 1 aromatic heterocycles. The van der Waals surface area contributed by atoms with E-state index in [4.69, 9.17) is 4.52 Å². The molecule has 1 heterocycles. The molecule has 0 aliphatic heterocycles. The SMILES string of the molecule is O=C(NC12CC3CC(CC(C3)C1)C2)C1(c2cc(-c3ccccc3F)on2)CC1. The number of carbonyl (C=O) groups excluding carboxylic acids is 1. The van der Waals surface area contributed by atoms with Crippen molar-refractivity contribution in [2.75, 3.05) is 0 Å². The fourth-order valence-corrected chi connectivity index (χ4v) is 6.64. The predicted octanol–water partition coefficient (Wildman–Crippen LogP) is 4.60. The van der Waals surface area contributed by atoms with Crippen LogP contribution in [0.3, 0.4) is 0 Å². The third kappa shape index (κ3) is 2.48. The normalized spacial score (nSPS) is 34.4. The van der Waals surface area contributed by atoms with Crippen molar-refractivity contribution < 1.29 is 13.7 Å². The van der Waals surface area contributed by atoms with Crippen molar-refractivity contribution in [3.8, 4) is 11.3 Å². The van der Waals surface area contributed by atoms with Crippen LogP contribution in [0.1, 0.15) is 57.1 Å². The zero-order chi connectivity index (χ0) is 18.9. The summed E-state index contributed by atoms with van der Waals surface area (Å²) in [5, 5.41) is 7.67. The molecule has 4 bridgehead atoms. The topological polar surface area (TPSA) is 55.1 Å². The van der Waals surface area contributed by atoms with Gasteiger partial charge in [-0.25, -0.2) is 4.39 Å². The largest absolute Gasteiger partial charge is 0.356 e. The molecule has 1 amide bonds. The Labute approximate surface area is 163 Å². The van der Waals surface area contributed by atoms with Gasteiger partial charge in [0.2, 0.25) is 5.91 Å². The van der Waals surface area contributed by atoms with Gasteiger partial charge in [-0.15, -0.1) is 0 Å². The van der Waals surface area contributed by atoms with Gasteiger partial charge in [-0.2, -0.15) is 0 Å². The van der Waals surface area contributed by atoms with E-state index >= 15 is 0 Å². The van der Waals surface area contributed by atoms with Crippen LogP contribution in [-0.4, -0.2) is 16.6 Å². The number of hydrogen-bond acceptors (Lipinski definition) is 3. The highest BCUT2D eigenvalue weighted by Gasteiger charge is 2.58. The summed E-state index contributed by atoms with van der Waals surface area (Å²) in [7, 11) is 0. The van der Waals surface area contributed by atoms with E-state index in [9.17, 15) is 9.18 Å². The number of benzene rings is 1. The molecule has 146 valence electrons. The number of nitrogens with one attached hydrogen (secondary N) is 1. The van der Waals surface area contributed by atoms with Crippen molar-refractivity contribution in [3.05, 3.63) is 41.8 Å². The van der Waals surface area contributed by atoms with E-state index in [1.807, 2.05) is 0 Å². The van der Waals surface area contributed by atoms with E-state index < -0.39 is 5.41 Å². The molecule has 5 aliphatic carbocycles. The Balaban J connectivity index is 1.25. The third-order valence-corrected chi connectivity index (χ3v) is 7.74. The first-order chi connectivity index (χ1) is 13.6. The van der Waals surface area contributed by atoms with Crippen molar-refractivity contribution in [2.45, 2.75) is 62.3 Å². The predicted molar refractivity (Wildman–Crippen MR) is 102 cm³/mol. The minimum atomic E-state index is -0.587. The first kappa shape index (κ1) is 16.8. The van der Waals surface area contributed by atoms with Gasteiger partial charge in [0, 0.05) is 11.6 Å². The van der Waals surface area contributed by atoms with Crippen molar-refractivity contribution >= 4 is 5.91 Å². The summed E-state index contributed by atoms with van der Waals surface area (Å²) in [6.45, 7) is 0. The van der Waals surface area contributed by atoms with Crippen LogP contribution >= 0.6 is 0 Å². The van der Waals surface area contributed by atoms with Crippen LogP contribution in [0.15, 0.2) is 34.9 Å². The van der Waals surface area contributed by atoms with E-state index in [0.29, 0.717) is 17.0 Å². The number of nitrogens with zero attached hydrogens (tertiary/aromatic N) is 1. The van der Waals surface area contributed by atoms with Gasteiger partial charge in [0.15, 0.2) is 5.76 Å². The van der Waals surface area contributed by atoms with Crippen LogP contribution in [0.4, 0.5) is 4.39 Å². The lowest BCUT2D eigenvalue weighted by Gasteiger charge is -2.57.